The van der Waals surface area contributed by atoms with Crippen LogP contribution in [0.3, 0.4) is 0 Å². The third-order valence-corrected chi connectivity index (χ3v) is 4.80. The van der Waals surface area contributed by atoms with Crippen LogP contribution in [0, 0.1) is 5.92 Å². The van der Waals surface area contributed by atoms with E-state index in [9.17, 15) is 14.7 Å². The monoisotopic (exact) mass is 291 g/mol. The molecule has 0 bridgehead atoms. The van der Waals surface area contributed by atoms with Gasteiger partial charge in [0.25, 0.3) is 0 Å². The lowest BCUT2D eigenvalue weighted by Crippen LogP contribution is -2.46. The van der Waals surface area contributed by atoms with E-state index in [0.717, 1.165) is 25.7 Å². The van der Waals surface area contributed by atoms with Crippen LogP contribution in [0.1, 0.15) is 38.5 Å². The fourth-order valence-corrected chi connectivity index (χ4v) is 3.81. The summed E-state index contributed by atoms with van der Waals surface area (Å²) in [4.78, 5) is 29.6. The Balaban J connectivity index is 1.70. The Hall–Kier alpha value is -1.85. The lowest BCUT2D eigenvalue weighted by molar-refractivity contribution is -0.150. The van der Waals surface area contributed by atoms with Gasteiger partial charge >= 0.3 is 5.97 Å². The predicted molar refractivity (Wildman–Crippen MR) is 75.5 cm³/mol. The lowest BCUT2D eigenvalue weighted by atomic mass is 9.84. The quantitative estimate of drug-likeness (QED) is 0.912. The Morgan fingerprint density at radius 2 is 2.10 bits per heavy atom. The minimum absolute atomic E-state index is 0.0366. The molecule has 2 fully saturated rings. The largest absolute Gasteiger partial charge is 0.480 e. The van der Waals surface area contributed by atoms with Gasteiger partial charge in [0.15, 0.2) is 0 Å². The van der Waals surface area contributed by atoms with Crippen molar-refractivity contribution in [1.82, 2.24) is 14.5 Å². The van der Waals surface area contributed by atoms with Crippen LogP contribution in [-0.2, 0) is 16.1 Å². The number of carboxylic acid groups (broad SMARTS) is 1. The summed E-state index contributed by atoms with van der Waals surface area (Å²) in [5, 5.41) is 9.42. The van der Waals surface area contributed by atoms with Crippen molar-refractivity contribution in [2.75, 3.05) is 0 Å². The number of carbonyl (C=O) groups excluding carboxylic acids is 1. The fourth-order valence-electron chi connectivity index (χ4n) is 3.81. The van der Waals surface area contributed by atoms with Gasteiger partial charge < -0.3 is 14.6 Å². The Kier molecular flexibility index (Phi) is 3.94. The highest BCUT2D eigenvalue weighted by molar-refractivity contribution is 5.84. The molecule has 1 saturated heterocycles. The summed E-state index contributed by atoms with van der Waals surface area (Å²) in [6.45, 7) is 0.555. The average molecular weight is 291 g/mol. The highest BCUT2D eigenvalue weighted by atomic mass is 16.4. The van der Waals surface area contributed by atoms with Crippen molar-refractivity contribution in [2.24, 2.45) is 5.92 Å². The van der Waals surface area contributed by atoms with Crippen molar-refractivity contribution in [2.45, 2.75) is 57.2 Å². The van der Waals surface area contributed by atoms with E-state index in [1.165, 1.54) is 0 Å². The first kappa shape index (κ1) is 14.1. The van der Waals surface area contributed by atoms with E-state index >= 15 is 0 Å². The van der Waals surface area contributed by atoms with E-state index < -0.39 is 12.0 Å². The van der Waals surface area contributed by atoms with E-state index in [2.05, 4.69) is 4.98 Å². The fraction of sp³-hybridized carbons (Fsp3) is 0.667. The Bertz CT molecular complexity index is 514. The van der Waals surface area contributed by atoms with Crippen LogP contribution in [-0.4, -0.2) is 43.5 Å². The Morgan fingerprint density at radius 3 is 2.81 bits per heavy atom. The number of rotatable bonds is 4. The smallest absolute Gasteiger partial charge is 0.326 e. The molecule has 6 heteroatoms. The zero-order chi connectivity index (χ0) is 14.8. The Labute approximate surface area is 123 Å². The molecule has 6 nitrogen and oxygen atoms in total. The zero-order valence-electron chi connectivity index (χ0n) is 12.0. The number of aliphatic carboxylic acids is 1. The van der Waals surface area contributed by atoms with E-state index in [0.29, 0.717) is 25.3 Å². The molecule has 114 valence electrons. The van der Waals surface area contributed by atoms with E-state index in [1.54, 1.807) is 17.4 Å². The first-order chi connectivity index (χ1) is 10.2. The van der Waals surface area contributed by atoms with Gasteiger partial charge in [0.05, 0.1) is 6.33 Å². The zero-order valence-corrected chi connectivity index (χ0v) is 12.0. The molecule has 1 aliphatic heterocycles. The van der Waals surface area contributed by atoms with Gasteiger partial charge in [-0.05, 0) is 25.2 Å². The molecule has 2 aliphatic rings. The molecule has 3 atom stereocenters. The summed E-state index contributed by atoms with van der Waals surface area (Å²) < 4.78 is 1.85. The van der Waals surface area contributed by atoms with Gasteiger partial charge in [-0.25, -0.2) is 9.78 Å². The number of imidazole rings is 1. The molecule has 1 saturated carbocycles. The number of nitrogens with zero attached hydrogens (tertiary/aromatic N) is 3. The lowest BCUT2D eigenvalue weighted by Gasteiger charge is -2.33. The van der Waals surface area contributed by atoms with Crippen molar-refractivity contribution >= 4 is 11.9 Å². The number of likely N-dealkylation sites (tertiary alicyclic amines) is 1. The third-order valence-electron chi connectivity index (χ3n) is 4.80. The molecule has 21 heavy (non-hydrogen) atoms. The number of carbonyl (C=O) groups is 2. The van der Waals surface area contributed by atoms with Crippen LogP contribution in [0.15, 0.2) is 18.7 Å². The number of fused-ring (bicyclic) bond motifs is 1. The van der Waals surface area contributed by atoms with Crippen LogP contribution < -0.4 is 0 Å². The first-order valence-electron chi connectivity index (χ1n) is 7.66. The SMILES string of the molecule is O=C(O)C1CC2CCCCC2N1C(=O)CCn1ccnc1. The molecule has 1 aromatic rings. The molecule has 3 unspecified atom stereocenters. The van der Waals surface area contributed by atoms with Gasteiger partial charge in [-0.15, -0.1) is 0 Å². The summed E-state index contributed by atoms with van der Waals surface area (Å²) in [7, 11) is 0. The second-order valence-corrected chi connectivity index (χ2v) is 6.05. The van der Waals surface area contributed by atoms with Crippen LogP contribution in [0.25, 0.3) is 0 Å². The number of hydrogen-bond donors (Lipinski definition) is 1. The Morgan fingerprint density at radius 1 is 1.29 bits per heavy atom. The second kappa shape index (κ2) is 5.87. The van der Waals surface area contributed by atoms with Crippen molar-refractivity contribution in [3.8, 4) is 0 Å². The number of hydrogen-bond acceptors (Lipinski definition) is 3. The molecule has 0 aromatic carbocycles. The minimum atomic E-state index is -0.861. The first-order valence-corrected chi connectivity index (χ1v) is 7.66. The number of aryl methyl sites for hydroxylation is 1. The van der Waals surface area contributed by atoms with E-state index in [1.807, 2.05) is 10.8 Å². The maximum absolute atomic E-state index is 12.5. The van der Waals surface area contributed by atoms with E-state index in [4.69, 9.17) is 0 Å². The van der Waals surface area contributed by atoms with Crippen LogP contribution in [0.5, 0.6) is 0 Å². The average Bonchev–Trinajstić information content (AvgIpc) is 3.11. The molecule has 1 aliphatic carbocycles. The van der Waals surface area contributed by atoms with Crippen molar-refractivity contribution in [3.63, 3.8) is 0 Å². The van der Waals surface area contributed by atoms with Gasteiger partial charge in [0, 0.05) is 31.4 Å². The van der Waals surface area contributed by atoms with Gasteiger partial charge in [-0.1, -0.05) is 12.8 Å². The summed E-state index contributed by atoms with van der Waals surface area (Å²) in [6, 6.07) is -0.497. The molecule has 0 radical (unpaired) electrons. The highest BCUT2D eigenvalue weighted by Gasteiger charge is 2.47. The standard InChI is InChI=1S/C15H21N3O3/c19-14(5-7-17-8-6-16-10-17)18-12-4-2-1-3-11(12)9-13(18)15(20)21/h6,8,10-13H,1-5,7,9H2,(H,20,21). The molecular weight excluding hydrogens is 270 g/mol. The van der Waals surface area contributed by atoms with Gasteiger partial charge in [-0.3, -0.25) is 4.79 Å². The molecule has 0 spiro atoms. The maximum atomic E-state index is 12.5. The minimum Gasteiger partial charge on any atom is -0.480 e. The molecule has 1 N–H and O–H groups in total. The molecule has 2 heterocycles. The molecular formula is C15H21N3O3. The normalized spacial score (nSPS) is 28.4. The summed E-state index contributed by atoms with van der Waals surface area (Å²) in [5.41, 5.74) is 0. The predicted octanol–water partition coefficient (Wildman–Crippen LogP) is 1.52. The molecule has 1 amide bonds. The van der Waals surface area contributed by atoms with Crippen molar-refractivity contribution in [3.05, 3.63) is 18.7 Å². The molecule has 3 rings (SSSR count). The summed E-state index contributed by atoms with van der Waals surface area (Å²) in [6.07, 6.45) is 10.4. The van der Waals surface area contributed by atoms with Gasteiger partial charge in [0.1, 0.15) is 6.04 Å². The summed E-state index contributed by atoms with van der Waals surface area (Å²) in [5.74, 6) is -0.525. The molecule has 1 aromatic heterocycles. The highest BCUT2D eigenvalue weighted by Crippen LogP contribution is 2.40. The number of amides is 1. The third kappa shape index (κ3) is 2.80. The van der Waals surface area contributed by atoms with Crippen LogP contribution in [0.4, 0.5) is 0 Å². The number of aromatic nitrogens is 2. The topological polar surface area (TPSA) is 75.4 Å². The summed E-state index contributed by atoms with van der Waals surface area (Å²) >= 11 is 0. The second-order valence-electron chi connectivity index (χ2n) is 6.05. The van der Waals surface area contributed by atoms with Crippen LogP contribution in [0.2, 0.25) is 0 Å². The van der Waals surface area contributed by atoms with Gasteiger partial charge in [-0.2, -0.15) is 0 Å². The number of carboxylic acids is 1. The van der Waals surface area contributed by atoms with Gasteiger partial charge in [0.2, 0.25) is 5.91 Å². The van der Waals surface area contributed by atoms with Crippen molar-refractivity contribution < 1.29 is 14.7 Å². The van der Waals surface area contributed by atoms with Crippen LogP contribution >= 0.6 is 0 Å². The maximum Gasteiger partial charge on any atom is 0.326 e. The van der Waals surface area contributed by atoms with E-state index in [-0.39, 0.29) is 11.9 Å². The van der Waals surface area contributed by atoms with Crippen molar-refractivity contribution in [1.29, 1.82) is 0 Å².